The van der Waals surface area contributed by atoms with E-state index in [1.807, 2.05) is 48.5 Å². The maximum absolute atomic E-state index is 11.2. The Bertz CT molecular complexity index is 650. The van der Waals surface area contributed by atoms with E-state index in [1.165, 1.54) is 0 Å². The number of nitrogens with one attached hydrogen (secondary N) is 1. The van der Waals surface area contributed by atoms with Crippen molar-refractivity contribution in [3.8, 4) is 5.75 Å². The third kappa shape index (κ3) is 3.67. The average Bonchev–Trinajstić information content (AvgIpc) is 2.55. The third-order valence-electron chi connectivity index (χ3n) is 3.46. The molecule has 2 aromatic carbocycles. The summed E-state index contributed by atoms with van der Waals surface area (Å²) in [5, 5.41) is 2.81. The quantitative estimate of drug-likeness (QED) is 0.909. The van der Waals surface area contributed by atoms with Crippen molar-refractivity contribution in [2.24, 2.45) is 0 Å². The zero-order valence-corrected chi connectivity index (χ0v) is 13.5. The zero-order chi connectivity index (χ0) is 15.4. The molecule has 1 atom stereocenters. The molecule has 0 spiro atoms. The minimum Gasteiger partial charge on any atom is -0.488 e. The standard InChI is InChI=1S/C17H16BrNO3/c18-13-6-7-14(16-9-19-17(20)11-22-16)15(8-13)21-10-12-4-2-1-3-5-12/h1-8,16H,9-11H2,(H,19,20). The topological polar surface area (TPSA) is 47.6 Å². The molecule has 3 rings (SSSR count). The van der Waals surface area contributed by atoms with Gasteiger partial charge in [-0.05, 0) is 17.7 Å². The molecule has 1 N–H and O–H groups in total. The number of rotatable bonds is 4. The molecule has 1 aliphatic rings. The molecule has 0 aromatic heterocycles. The number of carbonyl (C=O) groups is 1. The minimum atomic E-state index is -0.184. The van der Waals surface area contributed by atoms with E-state index in [0.29, 0.717) is 13.2 Å². The molecule has 1 heterocycles. The minimum absolute atomic E-state index is 0.0822. The number of carbonyl (C=O) groups excluding carboxylic acids is 1. The summed E-state index contributed by atoms with van der Waals surface area (Å²) in [6.45, 7) is 1.03. The Morgan fingerprint density at radius 1 is 1.23 bits per heavy atom. The molecule has 1 fully saturated rings. The maximum atomic E-state index is 11.2. The van der Waals surface area contributed by atoms with Crippen LogP contribution >= 0.6 is 15.9 Å². The van der Waals surface area contributed by atoms with Gasteiger partial charge in [-0.1, -0.05) is 52.3 Å². The van der Waals surface area contributed by atoms with Gasteiger partial charge >= 0.3 is 0 Å². The van der Waals surface area contributed by atoms with Gasteiger partial charge in [0.1, 0.15) is 25.1 Å². The molecular formula is C17H16BrNO3. The van der Waals surface area contributed by atoms with Crippen LogP contribution in [0.5, 0.6) is 5.75 Å². The van der Waals surface area contributed by atoms with Crippen LogP contribution in [0.15, 0.2) is 53.0 Å². The Kier molecular flexibility index (Phi) is 4.75. The predicted octanol–water partition coefficient (Wildman–Crippen LogP) is 3.22. The lowest BCUT2D eigenvalue weighted by Gasteiger charge is -2.25. The van der Waals surface area contributed by atoms with Crippen molar-refractivity contribution in [3.63, 3.8) is 0 Å². The smallest absolute Gasteiger partial charge is 0.246 e. The fourth-order valence-electron chi connectivity index (χ4n) is 2.33. The highest BCUT2D eigenvalue weighted by Gasteiger charge is 2.23. The molecule has 1 saturated heterocycles. The molecule has 1 aliphatic heterocycles. The van der Waals surface area contributed by atoms with Crippen LogP contribution in [-0.2, 0) is 16.1 Å². The van der Waals surface area contributed by atoms with Crippen LogP contribution in [0.3, 0.4) is 0 Å². The number of halogens is 1. The molecule has 2 aromatic rings. The fraction of sp³-hybridized carbons (Fsp3) is 0.235. The molecule has 114 valence electrons. The summed E-state index contributed by atoms with van der Waals surface area (Å²) < 4.78 is 12.5. The van der Waals surface area contributed by atoms with Crippen LogP contribution in [0.2, 0.25) is 0 Å². The summed E-state index contributed by atoms with van der Waals surface area (Å²) in [6.07, 6.45) is -0.184. The van der Waals surface area contributed by atoms with Crippen molar-refractivity contribution in [2.75, 3.05) is 13.2 Å². The van der Waals surface area contributed by atoms with Crippen molar-refractivity contribution in [2.45, 2.75) is 12.7 Å². The van der Waals surface area contributed by atoms with Crippen molar-refractivity contribution in [1.82, 2.24) is 5.32 Å². The second-order valence-corrected chi connectivity index (χ2v) is 5.98. The van der Waals surface area contributed by atoms with Crippen LogP contribution in [0.1, 0.15) is 17.2 Å². The van der Waals surface area contributed by atoms with E-state index < -0.39 is 0 Å². The van der Waals surface area contributed by atoms with E-state index >= 15 is 0 Å². The molecule has 0 bridgehead atoms. The molecule has 0 aliphatic carbocycles. The number of ether oxygens (including phenoxy) is 2. The predicted molar refractivity (Wildman–Crippen MR) is 86.6 cm³/mol. The van der Waals surface area contributed by atoms with Gasteiger partial charge in [-0.2, -0.15) is 0 Å². The molecule has 0 saturated carbocycles. The van der Waals surface area contributed by atoms with E-state index in [-0.39, 0.29) is 18.6 Å². The monoisotopic (exact) mass is 361 g/mol. The lowest BCUT2D eigenvalue weighted by Crippen LogP contribution is -2.38. The molecular weight excluding hydrogens is 346 g/mol. The number of hydrogen-bond acceptors (Lipinski definition) is 3. The number of hydrogen-bond donors (Lipinski definition) is 1. The summed E-state index contributed by atoms with van der Waals surface area (Å²) in [7, 11) is 0. The summed E-state index contributed by atoms with van der Waals surface area (Å²) in [6, 6.07) is 15.8. The average molecular weight is 362 g/mol. The Labute approximate surface area is 137 Å². The number of morpholine rings is 1. The van der Waals surface area contributed by atoms with E-state index in [0.717, 1.165) is 21.3 Å². The third-order valence-corrected chi connectivity index (χ3v) is 3.95. The zero-order valence-electron chi connectivity index (χ0n) is 11.9. The van der Waals surface area contributed by atoms with Crippen LogP contribution in [0.25, 0.3) is 0 Å². The van der Waals surface area contributed by atoms with Crippen LogP contribution < -0.4 is 10.1 Å². The van der Waals surface area contributed by atoms with Gasteiger partial charge in [-0.3, -0.25) is 4.79 Å². The van der Waals surface area contributed by atoms with Gasteiger partial charge in [0.2, 0.25) is 5.91 Å². The number of benzene rings is 2. The van der Waals surface area contributed by atoms with E-state index in [4.69, 9.17) is 9.47 Å². The van der Waals surface area contributed by atoms with Crippen LogP contribution in [-0.4, -0.2) is 19.1 Å². The van der Waals surface area contributed by atoms with Crippen LogP contribution in [0.4, 0.5) is 0 Å². The molecule has 0 radical (unpaired) electrons. The van der Waals surface area contributed by atoms with Crippen molar-refractivity contribution in [3.05, 3.63) is 64.1 Å². The first kappa shape index (κ1) is 15.1. The van der Waals surface area contributed by atoms with Gasteiger partial charge in [0.25, 0.3) is 0 Å². The molecule has 5 heteroatoms. The first-order valence-electron chi connectivity index (χ1n) is 7.07. The largest absolute Gasteiger partial charge is 0.488 e. The lowest BCUT2D eigenvalue weighted by atomic mass is 10.1. The summed E-state index contributed by atoms with van der Waals surface area (Å²) >= 11 is 3.47. The normalized spacial score (nSPS) is 17.9. The van der Waals surface area contributed by atoms with Gasteiger partial charge in [0, 0.05) is 16.6 Å². The Morgan fingerprint density at radius 2 is 2.05 bits per heavy atom. The Hall–Kier alpha value is -1.85. The second-order valence-electron chi connectivity index (χ2n) is 5.06. The molecule has 4 nitrogen and oxygen atoms in total. The summed E-state index contributed by atoms with van der Waals surface area (Å²) in [5.41, 5.74) is 2.05. The lowest BCUT2D eigenvalue weighted by molar-refractivity contribution is -0.133. The highest BCUT2D eigenvalue weighted by atomic mass is 79.9. The van der Waals surface area contributed by atoms with E-state index in [2.05, 4.69) is 21.2 Å². The van der Waals surface area contributed by atoms with Gasteiger partial charge in [-0.25, -0.2) is 0 Å². The maximum Gasteiger partial charge on any atom is 0.246 e. The Balaban J connectivity index is 1.77. The second kappa shape index (κ2) is 6.94. The van der Waals surface area contributed by atoms with Gasteiger partial charge in [0.15, 0.2) is 0 Å². The fourth-order valence-corrected chi connectivity index (χ4v) is 2.67. The van der Waals surface area contributed by atoms with Gasteiger partial charge in [0.05, 0.1) is 0 Å². The van der Waals surface area contributed by atoms with Gasteiger partial charge < -0.3 is 14.8 Å². The molecule has 22 heavy (non-hydrogen) atoms. The van der Waals surface area contributed by atoms with Gasteiger partial charge in [-0.15, -0.1) is 0 Å². The van der Waals surface area contributed by atoms with Crippen molar-refractivity contribution >= 4 is 21.8 Å². The number of amides is 1. The SMILES string of the molecule is O=C1COC(c2ccc(Br)cc2OCc2ccccc2)CN1. The van der Waals surface area contributed by atoms with Crippen LogP contribution in [0, 0.1) is 0 Å². The van der Waals surface area contributed by atoms with Crippen molar-refractivity contribution < 1.29 is 14.3 Å². The molecule has 1 amide bonds. The highest BCUT2D eigenvalue weighted by molar-refractivity contribution is 9.10. The highest BCUT2D eigenvalue weighted by Crippen LogP contribution is 2.32. The Morgan fingerprint density at radius 3 is 2.77 bits per heavy atom. The summed E-state index contributed by atoms with van der Waals surface area (Å²) in [4.78, 5) is 11.2. The van der Waals surface area contributed by atoms with Crippen molar-refractivity contribution in [1.29, 1.82) is 0 Å². The first-order valence-corrected chi connectivity index (χ1v) is 7.86. The molecule has 1 unspecified atom stereocenters. The van der Waals surface area contributed by atoms with E-state index in [1.54, 1.807) is 0 Å². The first-order chi connectivity index (χ1) is 10.7. The van der Waals surface area contributed by atoms with E-state index in [9.17, 15) is 4.79 Å². The summed E-state index contributed by atoms with van der Waals surface area (Å²) in [5.74, 6) is 0.680.